The molecule has 1 aromatic rings. The Labute approximate surface area is 212 Å². The highest BCUT2D eigenvalue weighted by molar-refractivity contribution is 5.92. The number of benzene rings is 1. The van der Waals surface area contributed by atoms with Crippen molar-refractivity contribution in [3.05, 3.63) is 35.9 Å². The molecule has 3 amide bonds. The van der Waals surface area contributed by atoms with Crippen molar-refractivity contribution >= 4 is 17.9 Å². The fourth-order valence-electron chi connectivity index (χ4n) is 3.78. The van der Waals surface area contributed by atoms with Gasteiger partial charge in [-0.1, -0.05) is 70.9 Å². The minimum Gasteiger partial charge on any atom is -0.444 e. The number of ether oxygens (including phenoxy) is 1. The van der Waals surface area contributed by atoms with Crippen LogP contribution in [-0.4, -0.2) is 46.5 Å². The van der Waals surface area contributed by atoms with E-state index in [1.165, 1.54) is 0 Å². The first kappa shape index (κ1) is 30.5. The van der Waals surface area contributed by atoms with E-state index >= 15 is 0 Å². The molecule has 0 aliphatic rings. The van der Waals surface area contributed by atoms with Gasteiger partial charge in [0, 0.05) is 12.1 Å². The Morgan fingerprint density at radius 3 is 2.06 bits per heavy atom. The van der Waals surface area contributed by atoms with Gasteiger partial charge in [-0.3, -0.25) is 9.59 Å². The molecular weight excluding hydrogens is 442 g/mol. The molecule has 0 aliphatic heterocycles. The molecule has 0 saturated heterocycles. The van der Waals surface area contributed by atoms with Gasteiger partial charge in [-0.15, -0.1) is 0 Å². The molecular formula is C28H47N3O4. The molecule has 1 aromatic carbocycles. The summed E-state index contributed by atoms with van der Waals surface area (Å²) in [5.74, 6) is -0.744. The second-order valence-corrected chi connectivity index (χ2v) is 11.1. The van der Waals surface area contributed by atoms with Crippen molar-refractivity contribution < 1.29 is 19.1 Å². The maximum atomic E-state index is 14.2. The van der Waals surface area contributed by atoms with E-state index in [9.17, 15) is 14.4 Å². The molecule has 2 N–H and O–H groups in total. The summed E-state index contributed by atoms with van der Waals surface area (Å²) >= 11 is 0. The van der Waals surface area contributed by atoms with Crippen LogP contribution in [0.4, 0.5) is 4.79 Å². The lowest BCUT2D eigenvalue weighted by molar-refractivity contribution is -0.150. The first-order valence-corrected chi connectivity index (χ1v) is 12.9. The number of amides is 3. The molecule has 0 aliphatic carbocycles. The number of rotatable bonds is 12. The first-order chi connectivity index (χ1) is 16.2. The zero-order valence-corrected chi connectivity index (χ0v) is 23.2. The van der Waals surface area contributed by atoms with E-state index in [0.29, 0.717) is 13.0 Å². The third-order valence-corrected chi connectivity index (χ3v) is 6.06. The van der Waals surface area contributed by atoms with Crippen LogP contribution in [0.1, 0.15) is 99.6 Å². The zero-order chi connectivity index (χ0) is 26.8. The molecule has 198 valence electrons. The Bertz CT molecular complexity index is 815. The van der Waals surface area contributed by atoms with Gasteiger partial charge >= 0.3 is 6.09 Å². The monoisotopic (exact) mass is 489 g/mol. The summed E-state index contributed by atoms with van der Waals surface area (Å²) in [6, 6.07) is 7.68. The number of hydrogen-bond acceptors (Lipinski definition) is 4. The highest BCUT2D eigenvalue weighted by atomic mass is 16.6. The molecule has 2 atom stereocenters. The van der Waals surface area contributed by atoms with E-state index in [4.69, 9.17) is 4.74 Å². The lowest BCUT2D eigenvalue weighted by atomic mass is 9.90. The number of unbranched alkanes of at least 4 members (excludes halogenated alkanes) is 2. The van der Waals surface area contributed by atoms with Crippen molar-refractivity contribution in [2.45, 2.75) is 111 Å². The summed E-state index contributed by atoms with van der Waals surface area (Å²) < 4.78 is 5.43. The van der Waals surface area contributed by atoms with E-state index < -0.39 is 29.3 Å². The number of hydrogen-bond donors (Lipinski definition) is 2. The van der Waals surface area contributed by atoms with Crippen LogP contribution >= 0.6 is 0 Å². The summed E-state index contributed by atoms with van der Waals surface area (Å²) in [6.45, 7) is 17.6. The lowest BCUT2D eigenvalue weighted by Crippen LogP contribution is -2.60. The van der Waals surface area contributed by atoms with Gasteiger partial charge in [0.1, 0.15) is 17.7 Å². The Hall–Kier alpha value is -2.57. The molecule has 0 aromatic heterocycles. The van der Waals surface area contributed by atoms with E-state index in [0.717, 1.165) is 24.8 Å². The molecule has 7 nitrogen and oxygen atoms in total. The van der Waals surface area contributed by atoms with Gasteiger partial charge in [0.15, 0.2) is 0 Å². The quantitative estimate of drug-likeness (QED) is 0.374. The van der Waals surface area contributed by atoms with Crippen molar-refractivity contribution in [2.24, 2.45) is 5.92 Å². The van der Waals surface area contributed by atoms with Crippen molar-refractivity contribution in [2.75, 3.05) is 6.54 Å². The molecule has 0 spiro atoms. The summed E-state index contributed by atoms with van der Waals surface area (Å²) in [5, 5.41) is 5.81. The van der Waals surface area contributed by atoms with Gasteiger partial charge in [-0.25, -0.2) is 4.79 Å². The maximum Gasteiger partial charge on any atom is 0.408 e. The van der Waals surface area contributed by atoms with Crippen LogP contribution in [0.15, 0.2) is 30.3 Å². The van der Waals surface area contributed by atoms with Crippen molar-refractivity contribution in [1.82, 2.24) is 15.5 Å². The highest BCUT2D eigenvalue weighted by Crippen LogP contribution is 2.32. The predicted molar refractivity (Wildman–Crippen MR) is 141 cm³/mol. The number of nitrogens with zero attached hydrogens (tertiary/aromatic N) is 1. The highest BCUT2D eigenvalue weighted by Gasteiger charge is 2.43. The van der Waals surface area contributed by atoms with Crippen molar-refractivity contribution in [1.29, 1.82) is 0 Å². The second kappa shape index (κ2) is 13.5. The fraction of sp³-hybridized carbons (Fsp3) is 0.679. The molecule has 7 heteroatoms. The van der Waals surface area contributed by atoms with Gasteiger partial charge in [0.2, 0.25) is 11.8 Å². The minimum atomic E-state index is -0.852. The minimum absolute atomic E-state index is 0.214. The third-order valence-electron chi connectivity index (χ3n) is 6.06. The van der Waals surface area contributed by atoms with Gasteiger partial charge in [0.05, 0.1) is 0 Å². The molecule has 0 bridgehead atoms. The van der Waals surface area contributed by atoms with E-state index in [1.54, 1.807) is 25.7 Å². The Morgan fingerprint density at radius 1 is 0.971 bits per heavy atom. The lowest BCUT2D eigenvalue weighted by Gasteiger charge is -2.45. The van der Waals surface area contributed by atoms with Crippen molar-refractivity contribution in [3.63, 3.8) is 0 Å². The van der Waals surface area contributed by atoms with Crippen LogP contribution in [0.3, 0.4) is 0 Å². The summed E-state index contributed by atoms with van der Waals surface area (Å²) in [5.41, 5.74) is -0.613. The molecule has 0 saturated carbocycles. The van der Waals surface area contributed by atoms with Crippen LogP contribution in [0.25, 0.3) is 0 Å². The number of carbonyl (C=O) groups is 3. The Kier molecular flexibility index (Phi) is 11.7. The molecule has 1 rings (SSSR count). The average Bonchev–Trinajstić information content (AvgIpc) is 2.77. The predicted octanol–water partition coefficient (Wildman–Crippen LogP) is 5.60. The SMILES string of the molecule is CCCCCNC(=O)C(c1ccccc1)N(C(=O)C(NC(=O)OC(C)(C)C)C(C)C)C(C)(C)CC. The van der Waals surface area contributed by atoms with Crippen LogP contribution in [-0.2, 0) is 14.3 Å². The topological polar surface area (TPSA) is 87.7 Å². The van der Waals surface area contributed by atoms with Crippen LogP contribution in [0.5, 0.6) is 0 Å². The van der Waals surface area contributed by atoms with E-state index in [2.05, 4.69) is 17.6 Å². The fourth-order valence-corrected chi connectivity index (χ4v) is 3.78. The van der Waals surface area contributed by atoms with E-state index in [-0.39, 0.29) is 17.7 Å². The molecule has 0 fully saturated rings. The third kappa shape index (κ3) is 9.54. The zero-order valence-electron chi connectivity index (χ0n) is 23.2. The van der Waals surface area contributed by atoms with Crippen LogP contribution in [0, 0.1) is 5.92 Å². The second-order valence-electron chi connectivity index (χ2n) is 11.1. The number of alkyl carbamates (subject to hydrolysis) is 1. The largest absolute Gasteiger partial charge is 0.444 e. The summed E-state index contributed by atoms with van der Waals surface area (Å²) in [4.78, 5) is 42.0. The first-order valence-electron chi connectivity index (χ1n) is 12.9. The van der Waals surface area contributed by atoms with Crippen molar-refractivity contribution in [3.8, 4) is 0 Å². The summed E-state index contributed by atoms with van der Waals surface area (Å²) in [6.07, 6.45) is 2.93. The molecule has 2 unspecified atom stereocenters. The summed E-state index contributed by atoms with van der Waals surface area (Å²) in [7, 11) is 0. The van der Waals surface area contributed by atoms with Gasteiger partial charge < -0.3 is 20.3 Å². The smallest absolute Gasteiger partial charge is 0.408 e. The average molecular weight is 490 g/mol. The normalized spacial score (nSPS) is 13.7. The molecule has 0 heterocycles. The van der Waals surface area contributed by atoms with Crippen LogP contribution < -0.4 is 10.6 Å². The van der Waals surface area contributed by atoms with Gasteiger partial charge in [-0.05, 0) is 58.9 Å². The standard InChI is InChI=1S/C28H47N3O4/c1-10-12-16-19-29-24(32)23(21-17-14-13-15-18-21)31(28(8,9)11-2)25(33)22(20(3)4)30-26(34)35-27(5,6)7/h13-15,17-18,20,22-23H,10-12,16,19H2,1-9H3,(H,29,32)(H,30,34). The Morgan fingerprint density at radius 2 is 1.57 bits per heavy atom. The van der Waals surface area contributed by atoms with Crippen LogP contribution in [0.2, 0.25) is 0 Å². The van der Waals surface area contributed by atoms with Gasteiger partial charge in [-0.2, -0.15) is 0 Å². The van der Waals surface area contributed by atoms with E-state index in [1.807, 2.05) is 65.0 Å². The Balaban J connectivity index is 3.46. The number of carbonyl (C=O) groups excluding carboxylic acids is 3. The molecule has 35 heavy (non-hydrogen) atoms. The molecule has 0 radical (unpaired) electrons. The number of nitrogens with one attached hydrogen (secondary N) is 2. The maximum absolute atomic E-state index is 14.2. The van der Waals surface area contributed by atoms with Gasteiger partial charge in [0.25, 0.3) is 0 Å².